The fourth-order valence-electron chi connectivity index (χ4n) is 4.97. The third-order valence-electron chi connectivity index (χ3n) is 7.07. The number of carbonyl (C=O) groups is 2. The number of H-pyrrole nitrogens is 3. The lowest BCUT2D eigenvalue weighted by Gasteiger charge is -2.02. The van der Waals surface area contributed by atoms with E-state index >= 15 is 0 Å². The predicted octanol–water partition coefficient (Wildman–Crippen LogP) is 4.56. The molecule has 0 bridgehead atoms. The molecule has 0 radical (unpaired) electrons. The number of hydrazone groups is 2. The summed E-state index contributed by atoms with van der Waals surface area (Å²) in [4.78, 5) is 56.4. The Morgan fingerprint density at radius 2 is 1.19 bits per heavy atom. The molecule has 5 aromatic rings. The van der Waals surface area contributed by atoms with E-state index in [0.717, 1.165) is 0 Å². The van der Waals surface area contributed by atoms with Crippen LogP contribution in [0.25, 0.3) is 21.8 Å². The number of aromatic amines is 3. The molecule has 0 aliphatic heterocycles. The molecule has 218 valence electrons. The maximum atomic E-state index is 13.0. The quantitative estimate of drug-likeness (QED) is 0.100. The van der Waals surface area contributed by atoms with Crippen LogP contribution in [-0.4, -0.2) is 49.0 Å². The first-order chi connectivity index (χ1) is 20.5. The Balaban J connectivity index is 1.31. The molecule has 2 amide bonds. The fourth-order valence-corrected chi connectivity index (χ4v) is 4.97. The van der Waals surface area contributed by atoms with Gasteiger partial charge in [-0.1, -0.05) is 0 Å². The summed E-state index contributed by atoms with van der Waals surface area (Å²) in [6, 6.07) is 8.86. The molecule has 5 rings (SSSR count). The van der Waals surface area contributed by atoms with Crippen LogP contribution in [0.5, 0.6) is 0 Å². The van der Waals surface area contributed by atoms with Crippen molar-refractivity contribution >= 4 is 57.4 Å². The summed E-state index contributed by atoms with van der Waals surface area (Å²) < 4.78 is 0. The topological polar surface area (TPSA) is 217 Å². The normalized spacial score (nSPS) is 11.6. The van der Waals surface area contributed by atoms with Crippen LogP contribution in [0.3, 0.4) is 0 Å². The number of carbonyl (C=O) groups excluding carboxylic acids is 2. The van der Waals surface area contributed by atoms with Gasteiger partial charge in [-0.15, -0.1) is 0 Å². The number of non-ortho nitro benzene ring substituents is 2. The molecule has 0 atom stereocenters. The third-order valence-corrected chi connectivity index (χ3v) is 7.07. The van der Waals surface area contributed by atoms with E-state index in [1.807, 2.05) is 0 Å². The zero-order chi connectivity index (χ0) is 31.0. The van der Waals surface area contributed by atoms with E-state index in [1.165, 1.54) is 36.7 Å². The summed E-state index contributed by atoms with van der Waals surface area (Å²) >= 11 is 0. The van der Waals surface area contributed by atoms with Crippen molar-refractivity contribution in [3.8, 4) is 0 Å². The van der Waals surface area contributed by atoms with Gasteiger partial charge < -0.3 is 15.0 Å². The van der Waals surface area contributed by atoms with Gasteiger partial charge in [0.15, 0.2) is 0 Å². The van der Waals surface area contributed by atoms with E-state index in [0.29, 0.717) is 55.6 Å². The van der Waals surface area contributed by atoms with Crippen molar-refractivity contribution in [2.75, 3.05) is 0 Å². The lowest BCUT2D eigenvalue weighted by atomic mass is 10.1. The van der Waals surface area contributed by atoms with Crippen molar-refractivity contribution in [1.82, 2.24) is 25.8 Å². The van der Waals surface area contributed by atoms with Gasteiger partial charge in [-0.3, -0.25) is 29.8 Å². The highest BCUT2D eigenvalue weighted by molar-refractivity contribution is 6.05. The second-order valence-electron chi connectivity index (χ2n) is 9.82. The largest absolute Gasteiger partial charge is 0.358 e. The van der Waals surface area contributed by atoms with E-state index in [1.54, 1.807) is 39.8 Å². The standard InChI is InChI=1S/C28H25N9O6/c1-13-25(27(38)34-29-11-21-14(2)31-23-7-5-17(36(40)41)9-19(21)23)16(4)33-26(13)28(39)35-30-12-22-15(3)32-24-8-6-18(37(42)43)10-20(22)24/h5-12,31-33H,1-4H3,(H,34,38)(H,35,39)/b29-11-,30-12+. The van der Waals surface area contributed by atoms with Crippen LogP contribution in [0.15, 0.2) is 46.6 Å². The minimum absolute atomic E-state index is 0.0699. The van der Waals surface area contributed by atoms with Crippen LogP contribution in [0, 0.1) is 47.9 Å². The first-order valence-corrected chi connectivity index (χ1v) is 12.9. The highest BCUT2D eigenvalue weighted by atomic mass is 16.6. The van der Waals surface area contributed by atoms with Crippen LogP contribution in [-0.2, 0) is 0 Å². The fraction of sp³-hybridized carbons (Fsp3) is 0.143. The van der Waals surface area contributed by atoms with Gasteiger partial charge >= 0.3 is 0 Å². The number of hydrogen-bond acceptors (Lipinski definition) is 8. The van der Waals surface area contributed by atoms with Crippen LogP contribution >= 0.6 is 0 Å². The average Bonchev–Trinajstić information content (AvgIpc) is 3.56. The Hall–Kier alpha value is -6.12. The van der Waals surface area contributed by atoms with Crippen LogP contribution in [0.4, 0.5) is 11.4 Å². The number of nitro groups is 2. The molecule has 0 saturated heterocycles. The number of amides is 2. The number of fused-ring (bicyclic) bond motifs is 2. The van der Waals surface area contributed by atoms with Crippen molar-refractivity contribution in [3.63, 3.8) is 0 Å². The summed E-state index contributed by atoms with van der Waals surface area (Å²) in [6.07, 6.45) is 2.79. The number of aryl methyl sites for hydroxylation is 3. The van der Waals surface area contributed by atoms with Gasteiger partial charge in [0.2, 0.25) is 0 Å². The maximum Gasteiger partial charge on any atom is 0.288 e. The molecule has 0 aliphatic carbocycles. The van der Waals surface area contributed by atoms with Crippen molar-refractivity contribution < 1.29 is 19.4 Å². The zero-order valence-corrected chi connectivity index (χ0v) is 23.4. The van der Waals surface area contributed by atoms with Gasteiger partial charge in [-0.25, -0.2) is 10.9 Å². The monoisotopic (exact) mass is 583 g/mol. The minimum Gasteiger partial charge on any atom is -0.358 e. The lowest BCUT2D eigenvalue weighted by molar-refractivity contribution is -0.384. The van der Waals surface area contributed by atoms with Crippen LogP contribution in [0.1, 0.15) is 54.6 Å². The Kier molecular flexibility index (Phi) is 7.29. The molecule has 0 aliphatic rings. The summed E-state index contributed by atoms with van der Waals surface area (Å²) in [5.74, 6) is -1.16. The van der Waals surface area contributed by atoms with Crippen molar-refractivity contribution in [2.24, 2.45) is 10.2 Å². The van der Waals surface area contributed by atoms with E-state index in [9.17, 15) is 29.8 Å². The van der Waals surface area contributed by atoms with Gasteiger partial charge in [0.1, 0.15) is 5.69 Å². The van der Waals surface area contributed by atoms with Gasteiger partial charge in [0.25, 0.3) is 23.2 Å². The molecular formula is C28H25N9O6. The number of aromatic nitrogens is 3. The minimum atomic E-state index is -0.598. The van der Waals surface area contributed by atoms with Gasteiger partial charge in [-0.05, 0) is 45.4 Å². The summed E-state index contributed by atoms with van der Waals surface area (Å²) in [5, 5.41) is 31.6. The molecular weight excluding hydrogens is 558 g/mol. The summed E-state index contributed by atoms with van der Waals surface area (Å²) in [5.41, 5.74) is 9.83. The van der Waals surface area contributed by atoms with Crippen molar-refractivity contribution in [3.05, 3.63) is 102 Å². The first-order valence-electron chi connectivity index (χ1n) is 12.9. The van der Waals surface area contributed by atoms with E-state index < -0.39 is 21.7 Å². The molecule has 2 aromatic carbocycles. The molecule has 0 unspecified atom stereocenters. The molecule has 5 N–H and O–H groups in total. The molecule has 15 nitrogen and oxygen atoms in total. The Labute approximate surface area is 242 Å². The second-order valence-corrected chi connectivity index (χ2v) is 9.82. The molecule has 0 fully saturated rings. The first kappa shape index (κ1) is 28.4. The predicted molar refractivity (Wildman–Crippen MR) is 160 cm³/mol. The number of nitrogens with zero attached hydrogens (tertiary/aromatic N) is 4. The van der Waals surface area contributed by atoms with E-state index in [-0.39, 0.29) is 22.6 Å². The highest BCUT2D eigenvalue weighted by Crippen LogP contribution is 2.26. The molecule has 3 aromatic heterocycles. The molecule has 0 spiro atoms. The molecule has 15 heteroatoms. The molecule has 3 heterocycles. The Morgan fingerprint density at radius 3 is 1.65 bits per heavy atom. The Bertz CT molecular complexity index is 2030. The van der Waals surface area contributed by atoms with Gasteiger partial charge in [0, 0.05) is 74.3 Å². The number of benzene rings is 2. The van der Waals surface area contributed by atoms with Crippen molar-refractivity contribution in [2.45, 2.75) is 27.7 Å². The van der Waals surface area contributed by atoms with Crippen LogP contribution < -0.4 is 10.9 Å². The van der Waals surface area contributed by atoms with E-state index in [2.05, 4.69) is 36.0 Å². The number of nitro benzene ring substituents is 2. The molecule has 0 saturated carbocycles. The summed E-state index contributed by atoms with van der Waals surface area (Å²) in [7, 11) is 0. The summed E-state index contributed by atoms with van der Waals surface area (Å²) in [6.45, 7) is 6.81. The van der Waals surface area contributed by atoms with Crippen molar-refractivity contribution in [1.29, 1.82) is 0 Å². The zero-order valence-electron chi connectivity index (χ0n) is 23.4. The maximum absolute atomic E-state index is 13.0. The third kappa shape index (κ3) is 5.33. The number of nitrogens with one attached hydrogen (secondary N) is 5. The average molecular weight is 584 g/mol. The smallest absolute Gasteiger partial charge is 0.288 e. The number of rotatable bonds is 8. The number of hydrogen-bond donors (Lipinski definition) is 5. The van der Waals surface area contributed by atoms with Crippen LogP contribution in [0.2, 0.25) is 0 Å². The van der Waals surface area contributed by atoms with Gasteiger partial charge in [-0.2, -0.15) is 10.2 Å². The molecule has 43 heavy (non-hydrogen) atoms. The second kappa shape index (κ2) is 11.0. The van der Waals surface area contributed by atoms with Gasteiger partial charge in [0.05, 0.1) is 27.8 Å². The Morgan fingerprint density at radius 1 is 0.721 bits per heavy atom. The highest BCUT2D eigenvalue weighted by Gasteiger charge is 2.22. The van der Waals surface area contributed by atoms with E-state index in [4.69, 9.17) is 0 Å². The SMILES string of the molecule is Cc1[nH]c(C(=O)N/N=C/c2c(C)[nH]c3ccc([N+](=O)[O-])cc23)c(C)c1C(=O)N/N=C\c1c(C)[nH]c2ccc([N+](=O)[O-])cc12. The lowest BCUT2D eigenvalue weighted by Crippen LogP contribution is -2.21.